The van der Waals surface area contributed by atoms with E-state index in [1.807, 2.05) is 0 Å². The predicted molar refractivity (Wildman–Crippen MR) is 114 cm³/mol. The molecule has 3 rings (SSSR count). The molecule has 0 atom stereocenters. The lowest BCUT2D eigenvalue weighted by molar-refractivity contribution is 0.400. The summed E-state index contributed by atoms with van der Waals surface area (Å²) in [4.78, 5) is 0.230. The molecule has 3 aromatic rings. The van der Waals surface area contributed by atoms with Gasteiger partial charge in [-0.05, 0) is 36.8 Å². The topological polar surface area (TPSA) is 118 Å². The number of aromatic nitrogens is 1. The van der Waals surface area contributed by atoms with E-state index in [1.165, 1.54) is 18.2 Å². The highest BCUT2D eigenvalue weighted by Gasteiger charge is 2.21. The molecular formula is C20H23N3O5S2. The number of rotatable bonds is 8. The molecule has 0 saturated heterocycles. The van der Waals surface area contributed by atoms with Gasteiger partial charge in [-0.2, -0.15) is 0 Å². The van der Waals surface area contributed by atoms with Gasteiger partial charge in [0.05, 0.1) is 15.4 Å². The number of nitrogens with zero attached hydrogens (tertiary/aromatic N) is 1. The van der Waals surface area contributed by atoms with Crippen LogP contribution >= 0.6 is 0 Å². The van der Waals surface area contributed by atoms with Crippen LogP contribution in [-0.2, 0) is 20.0 Å². The molecule has 0 saturated carbocycles. The zero-order chi connectivity index (χ0) is 21.9. The van der Waals surface area contributed by atoms with Gasteiger partial charge in [0, 0.05) is 18.7 Å². The second-order valence-corrected chi connectivity index (χ2v) is 10.1. The number of benzene rings is 2. The van der Waals surface area contributed by atoms with E-state index >= 15 is 0 Å². The Labute approximate surface area is 176 Å². The van der Waals surface area contributed by atoms with E-state index in [4.69, 9.17) is 4.52 Å². The van der Waals surface area contributed by atoms with Crippen LogP contribution in [0.3, 0.4) is 0 Å². The molecule has 160 valence electrons. The molecule has 10 heteroatoms. The van der Waals surface area contributed by atoms with Gasteiger partial charge in [0.15, 0.2) is 0 Å². The first kappa shape index (κ1) is 22.2. The highest BCUT2D eigenvalue weighted by atomic mass is 32.2. The largest absolute Gasteiger partial charge is 0.360 e. The summed E-state index contributed by atoms with van der Waals surface area (Å²) in [6.07, 6.45) is 0. The number of sulfonamides is 2. The van der Waals surface area contributed by atoms with Gasteiger partial charge in [0.1, 0.15) is 11.5 Å². The Balaban J connectivity index is 2.12. The van der Waals surface area contributed by atoms with Crippen molar-refractivity contribution in [3.8, 4) is 22.4 Å². The van der Waals surface area contributed by atoms with Crippen LogP contribution < -0.4 is 9.44 Å². The first-order valence-corrected chi connectivity index (χ1v) is 12.3. The molecular weight excluding hydrogens is 426 g/mol. The standard InChI is InChI=1S/C20H23N3O5S2/c1-4-21-29(24,25)17-10-6-8-15(12-17)19-14(3)28-23-20(19)16-9-7-11-18(13-16)30(26,27)22-5-2/h6-13,21-22H,4-5H2,1-3H3. The van der Waals surface area contributed by atoms with Gasteiger partial charge < -0.3 is 4.52 Å². The monoisotopic (exact) mass is 449 g/mol. The van der Waals surface area contributed by atoms with Crippen LogP contribution in [0.2, 0.25) is 0 Å². The van der Waals surface area contributed by atoms with E-state index in [2.05, 4.69) is 14.6 Å². The Hall–Kier alpha value is -2.53. The van der Waals surface area contributed by atoms with Crippen molar-refractivity contribution in [1.29, 1.82) is 0 Å². The Morgan fingerprint density at radius 3 is 1.87 bits per heavy atom. The lowest BCUT2D eigenvalue weighted by atomic mass is 9.99. The molecule has 1 aromatic heterocycles. The molecule has 0 unspecified atom stereocenters. The highest BCUT2D eigenvalue weighted by Crippen LogP contribution is 2.35. The number of hydrogen-bond donors (Lipinski definition) is 2. The molecule has 0 bridgehead atoms. The summed E-state index contributed by atoms with van der Waals surface area (Å²) in [6.45, 7) is 5.68. The Morgan fingerprint density at radius 1 is 0.833 bits per heavy atom. The number of hydrogen-bond acceptors (Lipinski definition) is 6. The second kappa shape index (κ2) is 8.68. The van der Waals surface area contributed by atoms with Gasteiger partial charge in [-0.15, -0.1) is 0 Å². The van der Waals surface area contributed by atoms with Crippen LogP contribution in [0.25, 0.3) is 22.4 Å². The van der Waals surface area contributed by atoms with E-state index in [-0.39, 0.29) is 22.9 Å². The van der Waals surface area contributed by atoms with E-state index in [1.54, 1.807) is 51.1 Å². The summed E-state index contributed by atoms with van der Waals surface area (Å²) >= 11 is 0. The maximum atomic E-state index is 12.4. The molecule has 0 spiro atoms. The van der Waals surface area contributed by atoms with Gasteiger partial charge >= 0.3 is 0 Å². The third-order valence-corrected chi connectivity index (χ3v) is 7.47. The first-order chi connectivity index (χ1) is 14.2. The van der Waals surface area contributed by atoms with Crippen molar-refractivity contribution >= 4 is 20.0 Å². The summed E-state index contributed by atoms with van der Waals surface area (Å²) in [7, 11) is -7.28. The predicted octanol–water partition coefficient (Wildman–Crippen LogP) is 2.91. The fourth-order valence-corrected chi connectivity index (χ4v) is 5.26. The zero-order valence-electron chi connectivity index (χ0n) is 16.8. The summed E-state index contributed by atoms with van der Waals surface area (Å²) < 4.78 is 59.8. The highest BCUT2D eigenvalue weighted by molar-refractivity contribution is 7.89. The molecule has 0 aliphatic rings. The molecule has 1 heterocycles. The maximum absolute atomic E-state index is 12.4. The average Bonchev–Trinajstić information content (AvgIpc) is 3.09. The molecule has 30 heavy (non-hydrogen) atoms. The van der Waals surface area contributed by atoms with Gasteiger partial charge in [-0.1, -0.05) is 43.3 Å². The Bertz CT molecular complexity index is 1270. The van der Waals surface area contributed by atoms with Crippen molar-refractivity contribution in [3.63, 3.8) is 0 Å². The van der Waals surface area contributed by atoms with Crippen molar-refractivity contribution in [1.82, 2.24) is 14.6 Å². The fraction of sp³-hybridized carbons (Fsp3) is 0.250. The van der Waals surface area contributed by atoms with Gasteiger partial charge in [0.25, 0.3) is 0 Å². The Kier molecular flexibility index (Phi) is 6.41. The van der Waals surface area contributed by atoms with Crippen LogP contribution in [0.4, 0.5) is 0 Å². The van der Waals surface area contributed by atoms with Crippen molar-refractivity contribution in [3.05, 3.63) is 54.3 Å². The van der Waals surface area contributed by atoms with Crippen LogP contribution in [0.15, 0.2) is 62.8 Å². The van der Waals surface area contributed by atoms with Crippen LogP contribution in [0.1, 0.15) is 19.6 Å². The third kappa shape index (κ3) is 4.46. The Morgan fingerprint density at radius 2 is 1.33 bits per heavy atom. The number of aryl methyl sites for hydroxylation is 1. The molecule has 0 fully saturated rings. The van der Waals surface area contributed by atoms with Crippen molar-refractivity contribution in [2.45, 2.75) is 30.6 Å². The molecule has 0 aliphatic carbocycles. The summed E-state index contributed by atoms with van der Waals surface area (Å²) in [5.41, 5.74) is 2.17. The smallest absolute Gasteiger partial charge is 0.240 e. The average molecular weight is 450 g/mol. The summed E-state index contributed by atoms with van der Waals surface area (Å²) in [5.74, 6) is 0.489. The van der Waals surface area contributed by atoms with E-state index in [0.717, 1.165) is 0 Å². The van der Waals surface area contributed by atoms with Crippen LogP contribution in [-0.4, -0.2) is 35.1 Å². The van der Waals surface area contributed by atoms with E-state index < -0.39 is 20.0 Å². The fourth-order valence-electron chi connectivity index (χ4n) is 3.09. The van der Waals surface area contributed by atoms with Crippen molar-refractivity contribution in [2.75, 3.05) is 13.1 Å². The van der Waals surface area contributed by atoms with Gasteiger partial charge in [-0.3, -0.25) is 0 Å². The van der Waals surface area contributed by atoms with Crippen molar-refractivity contribution < 1.29 is 21.4 Å². The summed E-state index contributed by atoms with van der Waals surface area (Å²) in [6, 6.07) is 12.8. The summed E-state index contributed by atoms with van der Waals surface area (Å²) in [5, 5.41) is 4.10. The van der Waals surface area contributed by atoms with E-state index in [9.17, 15) is 16.8 Å². The molecule has 0 amide bonds. The minimum Gasteiger partial charge on any atom is -0.360 e. The normalized spacial score (nSPS) is 12.2. The first-order valence-electron chi connectivity index (χ1n) is 9.36. The van der Waals surface area contributed by atoms with Crippen LogP contribution in [0.5, 0.6) is 0 Å². The molecule has 2 aromatic carbocycles. The maximum Gasteiger partial charge on any atom is 0.240 e. The molecule has 8 nitrogen and oxygen atoms in total. The number of nitrogens with one attached hydrogen (secondary N) is 2. The lowest BCUT2D eigenvalue weighted by Gasteiger charge is -2.09. The van der Waals surface area contributed by atoms with E-state index in [0.29, 0.717) is 28.1 Å². The molecule has 0 radical (unpaired) electrons. The minimum atomic E-state index is -3.64. The zero-order valence-corrected chi connectivity index (χ0v) is 18.5. The van der Waals surface area contributed by atoms with Gasteiger partial charge in [-0.25, -0.2) is 26.3 Å². The quantitative estimate of drug-likeness (QED) is 0.546. The minimum absolute atomic E-state index is 0.108. The molecule has 0 aliphatic heterocycles. The third-order valence-electron chi connectivity index (χ3n) is 4.38. The van der Waals surface area contributed by atoms with Crippen molar-refractivity contribution in [2.24, 2.45) is 0 Å². The SMILES string of the molecule is CCNS(=O)(=O)c1cccc(-c2noc(C)c2-c2cccc(S(=O)(=O)NCC)c2)c1. The van der Waals surface area contributed by atoms with Crippen LogP contribution in [0, 0.1) is 6.92 Å². The second-order valence-electron chi connectivity index (χ2n) is 6.52. The lowest BCUT2D eigenvalue weighted by Crippen LogP contribution is -2.23. The van der Waals surface area contributed by atoms with Gasteiger partial charge in [0.2, 0.25) is 20.0 Å². The molecule has 2 N–H and O–H groups in total.